The molecule has 0 bridgehead atoms. The normalized spacial score (nSPS) is 13.2. The summed E-state index contributed by atoms with van der Waals surface area (Å²) in [6.07, 6.45) is 3.57. The topological polar surface area (TPSA) is 25.9 Å². The standard InChI is InChI=1S/C22H32BGeN3.C7H10N2/c1-15(2)25(16(3)4)23-26(21-17(5)11-9-12-18(21)6)24-27(23)22-19(7)13-10-14-20(22)8;1-9(2)7-3-5-8-6-4-7/h9-16H,1-8H3;3-6H,1-2H3. The van der Waals surface area contributed by atoms with Gasteiger partial charge in [-0.25, -0.2) is 0 Å². The second-order valence-corrected chi connectivity index (χ2v) is 12.8. The van der Waals surface area contributed by atoms with E-state index in [4.69, 9.17) is 0 Å². The molecule has 1 aromatic heterocycles. The van der Waals surface area contributed by atoms with E-state index in [1.165, 1.54) is 39.3 Å². The van der Waals surface area contributed by atoms with Gasteiger partial charge in [0.25, 0.3) is 0 Å². The number of hydrogen-bond acceptors (Lipinski definition) is 5. The number of aryl methyl sites for hydroxylation is 4. The van der Waals surface area contributed by atoms with Crippen LogP contribution >= 0.6 is 0 Å². The first-order chi connectivity index (χ1) is 17.0. The number of para-hydroxylation sites is 2. The molecule has 1 aliphatic rings. The first-order valence-electron chi connectivity index (χ1n) is 12.9. The molecule has 0 N–H and O–H groups in total. The molecule has 1 saturated heterocycles. The Kier molecular flexibility index (Phi) is 9.53. The fourth-order valence-corrected chi connectivity index (χ4v) is 8.53. The summed E-state index contributed by atoms with van der Waals surface area (Å²) < 4.78 is 5.41. The van der Waals surface area contributed by atoms with Gasteiger partial charge in [-0.15, -0.1) is 0 Å². The van der Waals surface area contributed by atoms with E-state index in [9.17, 15) is 0 Å². The van der Waals surface area contributed by atoms with E-state index in [0.717, 1.165) is 0 Å². The Morgan fingerprint density at radius 2 is 1.08 bits per heavy atom. The Labute approximate surface area is 226 Å². The molecule has 190 valence electrons. The number of rotatable bonds is 6. The van der Waals surface area contributed by atoms with Gasteiger partial charge in [0.2, 0.25) is 0 Å². The molecule has 7 heteroatoms. The van der Waals surface area contributed by atoms with Crippen molar-refractivity contribution >= 4 is 40.1 Å². The summed E-state index contributed by atoms with van der Waals surface area (Å²) in [5.41, 5.74) is 9.61. The molecule has 0 amide bonds. The summed E-state index contributed by atoms with van der Waals surface area (Å²) in [5.74, 6) is 0. The number of pyridine rings is 1. The number of aromatic nitrogens is 1. The van der Waals surface area contributed by atoms with Crippen LogP contribution in [0.3, 0.4) is 0 Å². The van der Waals surface area contributed by atoms with Crippen LogP contribution in [0.1, 0.15) is 49.9 Å². The minimum atomic E-state index is -0.428. The zero-order valence-corrected chi connectivity index (χ0v) is 25.8. The van der Waals surface area contributed by atoms with E-state index in [-0.39, 0.29) is 0 Å². The number of nitrogens with zero attached hydrogens (tertiary/aromatic N) is 5. The second-order valence-electron chi connectivity index (χ2n) is 10.4. The summed E-state index contributed by atoms with van der Waals surface area (Å²) >= 11 is -0.428. The molecule has 0 spiro atoms. The SMILES string of the molecule is CN(C)c1ccncc1.Cc1cccc(C)c1[N]1[Ge][N](c2c(C)cccc2C)B1N(C(C)C)C(C)C. The van der Waals surface area contributed by atoms with Crippen molar-refractivity contribution in [3.05, 3.63) is 83.2 Å². The molecule has 0 aliphatic carbocycles. The Bertz CT molecular complexity index is 1030. The van der Waals surface area contributed by atoms with Crippen molar-refractivity contribution in [1.82, 2.24) is 9.79 Å². The summed E-state index contributed by atoms with van der Waals surface area (Å²) in [4.78, 5) is 8.60. The summed E-state index contributed by atoms with van der Waals surface area (Å²) in [5, 5.41) is 0. The second kappa shape index (κ2) is 12.2. The molecule has 5 nitrogen and oxygen atoms in total. The Balaban J connectivity index is 0.000000338. The Hall–Kier alpha value is -2.44. The first kappa shape index (κ1) is 28.1. The van der Waals surface area contributed by atoms with E-state index in [1.807, 2.05) is 31.1 Å². The summed E-state index contributed by atoms with van der Waals surface area (Å²) in [7, 11) is 4.31. The number of hydrogen-bond donors (Lipinski definition) is 0. The van der Waals surface area contributed by atoms with E-state index >= 15 is 0 Å². The van der Waals surface area contributed by atoms with Gasteiger partial charge in [0.05, 0.1) is 0 Å². The van der Waals surface area contributed by atoms with Crippen molar-refractivity contribution in [2.24, 2.45) is 0 Å². The van der Waals surface area contributed by atoms with Crippen molar-refractivity contribution in [3.8, 4) is 0 Å². The summed E-state index contributed by atoms with van der Waals surface area (Å²) in [6, 6.07) is 18.3. The predicted octanol–water partition coefficient (Wildman–Crippen LogP) is 6.03. The van der Waals surface area contributed by atoms with Gasteiger partial charge in [-0.3, -0.25) is 4.98 Å². The molecular weight excluding hydrogens is 502 g/mol. The van der Waals surface area contributed by atoms with E-state index in [2.05, 4.69) is 109 Å². The molecule has 1 fully saturated rings. The van der Waals surface area contributed by atoms with Crippen molar-refractivity contribution < 1.29 is 0 Å². The van der Waals surface area contributed by atoms with Crippen LogP contribution < -0.4 is 12.4 Å². The van der Waals surface area contributed by atoms with Crippen molar-refractivity contribution in [3.63, 3.8) is 0 Å². The van der Waals surface area contributed by atoms with Crippen LogP contribution in [0.25, 0.3) is 0 Å². The van der Waals surface area contributed by atoms with Gasteiger partial charge in [0.1, 0.15) is 0 Å². The van der Waals surface area contributed by atoms with Crippen LogP contribution in [0.2, 0.25) is 0 Å². The zero-order valence-electron chi connectivity index (χ0n) is 23.7. The van der Waals surface area contributed by atoms with Gasteiger partial charge in [-0.05, 0) is 12.1 Å². The zero-order chi connectivity index (χ0) is 26.6. The van der Waals surface area contributed by atoms with Gasteiger partial charge >= 0.3 is 173 Å². The van der Waals surface area contributed by atoms with Gasteiger partial charge in [0.15, 0.2) is 0 Å². The molecule has 0 atom stereocenters. The van der Waals surface area contributed by atoms with Crippen molar-refractivity contribution in [2.75, 3.05) is 26.5 Å². The van der Waals surface area contributed by atoms with Crippen molar-refractivity contribution in [2.45, 2.75) is 67.5 Å². The van der Waals surface area contributed by atoms with E-state index in [1.54, 1.807) is 12.4 Å². The summed E-state index contributed by atoms with van der Waals surface area (Å²) in [6.45, 7) is 18.3. The molecule has 0 unspecified atom stereocenters. The van der Waals surface area contributed by atoms with Crippen LogP contribution in [-0.4, -0.2) is 59.0 Å². The Morgan fingerprint density at radius 3 is 1.39 bits per heavy atom. The van der Waals surface area contributed by atoms with Crippen molar-refractivity contribution in [1.29, 1.82) is 0 Å². The molecule has 0 saturated carbocycles. The minimum absolute atomic E-state index is 0.296. The predicted molar refractivity (Wildman–Crippen MR) is 159 cm³/mol. The van der Waals surface area contributed by atoms with Crippen LogP contribution in [0.5, 0.6) is 0 Å². The third kappa shape index (κ3) is 6.09. The van der Waals surface area contributed by atoms with Gasteiger partial charge in [0, 0.05) is 32.2 Å². The molecule has 3 aromatic rings. The average Bonchev–Trinajstić information content (AvgIpc) is 2.80. The monoisotopic (exact) mass is 545 g/mol. The molecule has 1 aliphatic heterocycles. The maximum atomic E-state index is 3.90. The molecule has 2 radical (unpaired) electrons. The van der Waals surface area contributed by atoms with Gasteiger partial charge in [-0.2, -0.15) is 0 Å². The fourth-order valence-electron chi connectivity index (χ4n) is 5.02. The molecule has 2 aromatic carbocycles. The maximum absolute atomic E-state index is 3.90. The number of benzene rings is 2. The van der Waals surface area contributed by atoms with Gasteiger partial charge < -0.3 is 4.90 Å². The molecule has 4 rings (SSSR count). The molecule has 36 heavy (non-hydrogen) atoms. The average molecular weight is 544 g/mol. The molecule has 2 heterocycles. The van der Waals surface area contributed by atoms with Crippen LogP contribution in [0, 0.1) is 27.7 Å². The van der Waals surface area contributed by atoms with E-state index in [0.29, 0.717) is 19.2 Å². The van der Waals surface area contributed by atoms with Crippen LogP contribution in [0.15, 0.2) is 60.9 Å². The van der Waals surface area contributed by atoms with Crippen LogP contribution in [-0.2, 0) is 0 Å². The fraction of sp³-hybridized carbons (Fsp3) is 0.414. The first-order valence-corrected chi connectivity index (χ1v) is 14.7. The Morgan fingerprint density at radius 1 is 0.694 bits per heavy atom. The third-order valence-electron chi connectivity index (χ3n) is 6.68. The third-order valence-corrected chi connectivity index (χ3v) is 9.49. The van der Waals surface area contributed by atoms with Gasteiger partial charge in [-0.1, -0.05) is 0 Å². The van der Waals surface area contributed by atoms with Crippen LogP contribution in [0.4, 0.5) is 17.1 Å². The molecular formula is C29H42BGeN5. The van der Waals surface area contributed by atoms with E-state index < -0.39 is 15.9 Å². The quantitative estimate of drug-likeness (QED) is 0.354. The number of anilines is 3.